The van der Waals surface area contributed by atoms with E-state index < -0.39 is 31.1 Å². The number of hydrogen-bond acceptors (Lipinski definition) is 7. The highest BCUT2D eigenvalue weighted by atomic mass is 16.6. The standard InChI is InChI=1S/C25H25N3O5/c29-14-21-22(31)23(32)24(33-21)28-19-9-5-4-8-18(19)27-25(28)26-13-15-10-11-17(20(30)12-15)16-6-2-1-3-7-16/h1-12,21-24,29-32H,13-14H2,(H,26,27)/t21-,22-,23-,24-/m1/s1. The van der Waals surface area contributed by atoms with Crippen LogP contribution in [-0.2, 0) is 11.3 Å². The van der Waals surface area contributed by atoms with Crippen LogP contribution in [0.5, 0.6) is 5.75 Å². The number of imidazole rings is 1. The monoisotopic (exact) mass is 447 g/mol. The molecule has 0 aliphatic carbocycles. The molecular weight excluding hydrogens is 422 g/mol. The number of phenols is 1. The molecule has 0 bridgehead atoms. The fourth-order valence-electron chi connectivity index (χ4n) is 4.25. The van der Waals surface area contributed by atoms with Crippen LogP contribution in [0.4, 0.5) is 5.95 Å². The Hall–Kier alpha value is -3.43. The summed E-state index contributed by atoms with van der Waals surface area (Å²) in [5.41, 5.74) is 3.93. The first-order valence-corrected chi connectivity index (χ1v) is 10.8. The summed E-state index contributed by atoms with van der Waals surface area (Å²) in [5.74, 6) is 0.620. The van der Waals surface area contributed by atoms with Gasteiger partial charge < -0.3 is 30.5 Å². The van der Waals surface area contributed by atoms with E-state index >= 15 is 0 Å². The molecular formula is C25H25N3O5. The number of fused-ring (bicyclic) bond motifs is 1. The third kappa shape index (κ3) is 3.94. The van der Waals surface area contributed by atoms with Crippen LogP contribution in [0.1, 0.15) is 11.8 Å². The Bertz CT molecular complexity index is 1260. The maximum absolute atomic E-state index is 10.6. The van der Waals surface area contributed by atoms with Crippen molar-refractivity contribution in [2.45, 2.75) is 31.1 Å². The molecule has 8 nitrogen and oxygen atoms in total. The van der Waals surface area contributed by atoms with Gasteiger partial charge in [-0.3, -0.25) is 4.57 Å². The van der Waals surface area contributed by atoms with Gasteiger partial charge in [0.2, 0.25) is 5.95 Å². The number of aliphatic hydroxyl groups is 3. The molecule has 5 N–H and O–H groups in total. The van der Waals surface area contributed by atoms with Crippen LogP contribution in [0, 0.1) is 0 Å². The molecule has 4 atom stereocenters. The average molecular weight is 447 g/mol. The van der Waals surface area contributed by atoms with Gasteiger partial charge in [0.1, 0.15) is 24.1 Å². The number of rotatable bonds is 6. The van der Waals surface area contributed by atoms with E-state index in [9.17, 15) is 20.4 Å². The number of aromatic nitrogens is 2. The minimum Gasteiger partial charge on any atom is -0.507 e. The minimum atomic E-state index is -1.23. The highest BCUT2D eigenvalue weighted by Gasteiger charge is 2.44. The lowest BCUT2D eigenvalue weighted by Crippen LogP contribution is -2.33. The highest BCUT2D eigenvalue weighted by Crippen LogP contribution is 2.35. The molecule has 1 aliphatic rings. The van der Waals surface area contributed by atoms with Gasteiger partial charge in [0.15, 0.2) is 6.23 Å². The quantitative estimate of drug-likeness (QED) is 0.308. The van der Waals surface area contributed by atoms with Gasteiger partial charge in [0.05, 0.1) is 17.6 Å². The zero-order valence-electron chi connectivity index (χ0n) is 17.7. The molecule has 1 aromatic heterocycles. The SMILES string of the molecule is OC[C@H]1O[C@@H](n2c(NCc3ccc(-c4ccccc4)c(O)c3)nc3ccccc32)[C@H](O)[C@@H]1O. The van der Waals surface area contributed by atoms with E-state index in [1.807, 2.05) is 66.7 Å². The zero-order chi connectivity index (χ0) is 22.9. The van der Waals surface area contributed by atoms with Crippen molar-refractivity contribution in [2.24, 2.45) is 0 Å². The van der Waals surface area contributed by atoms with Crippen LogP contribution >= 0.6 is 0 Å². The first kappa shape index (κ1) is 21.4. The molecule has 1 fully saturated rings. The van der Waals surface area contributed by atoms with Crippen LogP contribution in [0.3, 0.4) is 0 Å². The summed E-state index contributed by atoms with van der Waals surface area (Å²) in [7, 11) is 0. The second-order valence-corrected chi connectivity index (χ2v) is 8.09. The molecule has 1 saturated heterocycles. The lowest BCUT2D eigenvalue weighted by molar-refractivity contribution is -0.0499. The number of aromatic hydroxyl groups is 1. The van der Waals surface area contributed by atoms with Gasteiger partial charge in [0.25, 0.3) is 0 Å². The fourth-order valence-corrected chi connectivity index (χ4v) is 4.25. The number of nitrogens with one attached hydrogen (secondary N) is 1. The number of aliphatic hydroxyl groups excluding tert-OH is 3. The third-order valence-corrected chi connectivity index (χ3v) is 5.97. The van der Waals surface area contributed by atoms with Crippen molar-refractivity contribution in [3.8, 4) is 16.9 Å². The molecule has 0 unspecified atom stereocenters. The molecule has 33 heavy (non-hydrogen) atoms. The summed E-state index contributed by atoms with van der Waals surface area (Å²) < 4.78 is 7.45. The number of para-hydroxylation sites is 2. The summed E-state index contributed by atoms with van der Waals surface area (Å²) in [4.78, 5) is 4.62. The highest BCUT2D eigenvalue weighted by molar-refractivity contribution is 5.79. The van der Waals surface area contributed by atoms with Crippen molar-refractivity contribution in [3.63, 3.8) is 0 Å². The lowest BCUT2D eigenvalue weighted by Gasteiger charge is -2.20. The Balaban J connectivity index is 1.43. The molecule has 170 valence electrons. The van der Waals surface area contributed by atoms with E-state index in [4.69, 9.17) is 4.74 Å². The normalized spacial score (nSPS) is 22.6. The summed E-state index contributed by atoms with van der Waals surface area (Å²) in [5, 5.41) is 44.1. The largest absolute Gasteiger partial charge is 0.507 e. The Kier molecular flexibility index (Phi) is 5.74. The molecule has 0 amide bonds. The molecule has 2 heterocycles. The zero-order valence-corrected chi connectivity index (χ0v) is 17.7. The van der Waals surface area contributed by atoms with E-state index in [1.54, 1.807) is 10.6 Å². The lowest BCUT2D eigenvalue weighted by atomic mass is 10.0. The van der Waals surface area contributed by atoms with Crippen molar-refractivity contribution < 1.29 is 25.2 Å². The van der Waals surface area contributed by atoms with Gasteiger partial charge >= 0.3 is 0 Å². The van der Waals surface area contributed by atoms with Gasteiger partial charge in [-0.25, -0.2) is 4.98 Å². The van der Waals surface area contributed by atoms with Gasteiger partial charge in [-0.05, 0) is 29.3 Å². The summed E-state index contributed by atoms with van der Waals surface area (Å²) >= 11 is 0. The number of nitrogens with zero attached hydrogens (tertiary/aromatic N) is 2. The predicted molar refractivity (Wildman–Crippen MR) is 124 cm³/mol. The number of anilines is 1. The molecule has 1 aliphatic heterocycles. The Morgan fingerprint density at radius 3 is 2.42 bits per heavy atom. The van der Waals surface area contributed by atoms with Crippen LogP contribution in [0.25, 0.3) is 22.2 Å². The summed E-state index contributed by atoms with van der Waals surface area (Å²) in [6, 6.07) is 22.6. The van der Waals surface area contributed by atoms with Crippen LogP contribution in [0.2, 0.25) is 0 Å². The molecule has 0 saturated carbocycles. The van der Waals surface area contributed by atoms with Crippen molar-refractivity contribution in [1.82, 2.24) is 9.55 Å². The molecule has 4 aromatic rings. The first-order chi connectivity index (χ1) is 16.1. The molecule has 0 radical (unpaired) electrons. The molecule has 5 rings (SSSR count). The summed E-state index contributed by atoms with van der Waals surface area (Å²) in [6.45, 7) is -0.0437. The van der Waals surface area contributed by atoms with Gasteiger partial charge in [-0.15, -0.1) is 0 Å². The Morgan fingerprint density at radius 1 is 0.939 bits per heavy atom. The van der Waals surface area contributed by atoms with E-state index in [1.165, 1.54) is 0 Å². The predicted octanol–water partition coefficient (Wildman–Crippen LogP) is 2.63. The minimum absolute atomic E-state index is 0.178. The van der Waals surface area contributed by atoms with Gasteiger partial charge in [0, 0.05) is 12.1 Å². The molecule has 3 aromatic carbocycles. The smallest absolute Gasteiger partial charge is 0.206 e. The van der Waals surface area contributed by atoms with Crippen molar-refractivity contribution in [2.75, 3.05) is 11.9 Å². The van der Waals surface area contributed by atoms with E-state index in [0.29, 0.717) is 18.0 Å². The van der Waals surface area contributed by atoms with Crippen molar-refractivity contribution in [3.05, 3.63) is 78.4 Å². The second kappa shape index (κ2) is 8.84. The first-order valence-electron chi connectivity index (χ1n) is 10.8. The van der Waals surface area contributed by atoms with Gasteiger partial charge in [-0.1, -0.05) is 54.6 Å². The third-order valence-electron chi connectivity index (χ3n) is 5.97. The van der Waals surface area contributed by atoms with E-state index in [-0.39, 0.29) is 5.75 Å². The maximum Gasteiger partial charge on any atom is 0.206 e. The van der Waals surface area contributed by atoms with Gasteiger partial charge in [-0.2, -0.15) is 0 Å². The van der Waals surface area contributed by atoms with Crippen molar-refractivity contribution >= 4 is 17.0 Å². The second-order valence-electron chi connectivity index (χ2n) is 8.09. The summed E-state index contributed by atoms with van der Waals surface area (Å²) in [6.07, 6.45) is -4.24. The van der Waals surface area contributed by atoms with Crippen LogP contribution < -0.4 is 5.32 Å². The number of phenolic OH excluding ortho intramolecular Hbond substituents is 1. The topological polar surface area (TPSA) is 120 Å². The maximum atomic E-state index is 10.6. The molecule has 8 heteroatoms. The molecule has 0 spiro atoms. The fraction of sp³-hybridized carbons (Fsp3) is 0.240. The number of ether oxygens (including phenoxy) is 1. The average Bonchev–Trinajstić information content (AvgIpc) is 3.34. The Morgan fingerprint density at radius 2 is 1.70 bits per heavy atom. The van der Waals surface area contributed by atoms with Crippen molar-refractivity contribution in [1.29, 1.82) is 0 Å². The van der Waals surface area contributed by atoms with Crippen LogP contribution in [-0.4, -0.2) is 54.9 Å². The number of hydrogen-bond donors (Lipinski definition) is 5. The Labute approximate surface area is 190 Å². The van der Waals surface area contributed by atoms with Crippen LogP contribution in [0.15, 0.2) is 72.8 Å². The van der Waals surface area contributed by atoms with E-state index in [2.05, 4.69) is 10.3 Å². The van der Waals surface area contributed by atoms with E-state index in [0.717, 1.165) is 22.2 Å². The number of benzene rings is 3.